The van der Waals surface area contributed by atoms with E-state index in [1.165, 1.54) is 36.1 Å². The van der Waals surface area contributed by atoms with Gasteiger partial charge in [-0.2, -0.15) is 11.3 Å². The Bertz CT molecular complexity index is 480. The van der Waals surface area contributed by atoms with E-state index in [1.807, 2.05) is 0 Å². The highest BCUT2D eigenvalue weighted by Crippen LogP contribution is 2.22. The summed E-state index contributed by atoms with van der Waals surface area (Å²) >= 11 is 1.74. The topological polar surface area (TPSA) is 64.6 Å². The number of nitrogens with zero attached hydrogens (tertiary/aromatic N) is 1. The Kier molecular flexibility index (Phi) is 5.91. The molecule has 1 aliphatic carbocycles. The molecule has 2 heterocycles. The first-order valence-electron chi connectivity index (χ1n) is 8.72. The fraction of sp³-hybridized carbons (Fsp3) is 0.706. The second-order valence-electron chi connectivity index (χ2n) is 6.71. The normalized spacial score (nSPS) is 21.7. The van der Waals surface area contributed by atoms with Gasteiger partial charge in [-0.15, -0.1) is 0 Å². The SMILES string of the molecule is O=C(O)N1CCC(N[C@@H](CNC2CCCC2)c2ccsc2)CC1. The van der Waals surface area contributed by atoms with E-state index in [4.69, 9.17) is 5.11 Å². The minimum absolute atomic E-state index is 0.322. The molecule has 1 saturated carbocycles. The number of hydrogen-bond acceptors (Lipinski definition) is 4. The van der Waals surface area contributed by atoms with Crippen LogP contribution in [0.5, 0.6) is 0 Å². The van der Waals surface area contributed by atoms with Crippen molar-refractivity contribution >= 4 is 17.4 Å². The smallest absolute Gasteiger partial charge is 0.407 e. The fourth-order valence-corrected chi connectivity index (χ4v) is 4.40. The van der Waals surface area contributed by atoms with Crippen molar-refractivity contribution in [1.29, 1.82) is 0 Å². The number of carboxylic acid groups (broad SMARTS) is 1. The van der Waals surface area contributed by atoms with Gasteiger partial charge in [-0.3, -0.25) is 0 Å². The highest BCUT2D eigenvalue weighted by molar-refractivity contribution is 7.07. The summed E-state index contributed by atoms with van der Waals surface area (Å²) < 4.78 is 0. The van der Waals surface area contributed by atoms with Crippen molar-refractivity contribution in [1.82, 2.24) is 15.5 Å². The zero-order valence-electron chi connectivity index (χ0n) is 13.5. The molecular formula is C17H27N3O2S. The van der Waals surface area contributed by atoms with Gasteiger partial charge in [0, 0.05) is 37.8 Å². The summed E-state index contributed by atoms with van der Waals surface area (Å²) in [4.78, 5) is 12.5. The molecule has 23 heavy (non-hydrogen) atoms. The molecule has 1 atom stereocenters. The third kappa shape index (κ3) is 4.68. The van der Waals surface area contributed by atoms with E-state index in [2.05, 4.69) is 27.5 Å². The first kappa shape index (κ1) is 16.7. The van der Waals surface area contributed by atoms with Crippen LogP contribution in [0.1, 0.15) is 50.1 Å². The van der Waals surface area contributed by atoms with Crippen molar-refractivity contribution in [3.05, 3.63) is 22.4 Å². The second-order valence-corrected chi connectivity index (χ2v) is 7.49. The lowest BCUT2D eigenvalue weighted by Crippen LogP contribution is -2.47. The van der Waals surface area contributed by atoms with Crippen molar-refractivity contribution in [3.63, 3.8) is 0 Å². The average molecular weight is 337 g/mol. The van der Waals surface area contributed by atoms with Gasteiger partial charge in [0.25, 0.3) is 0 Å². The van der Waals surface area contributed by atoms with E-state index >= 15 is 0 Å². The number of rotatable bonds is 6. The number of thiophene rings is 1. The van der Waals surface area contributed by atoms with Crippen LogP contribution in [-0.4, -0.2) is 47.8 Å². The van der Waals surface area contributed by atoms with Crippen molar-refractivity contribution in [2.24, 2.45) is 0 Å². The largest absolute Gasteiger partial charge is 0.465 e. The van der Waals surface area contributed by atoms with Gasteiger partial charge in [-0.1, -0.05) is 12.8 Å². The number of hydrogen-bond donors (Lipinski definition) is 3. The summed E-state index contributed by atoms with van der Waals surface area (Å²) in [6.07, 6.45) is 6.30. The molecule has 1 amide bonds. The van der Waals surface area contributed by atoms with Crippen molar-refractivity contribution in [2.75, 3.05) is 19.6 Å². The summed E-state index contributed by atoms with van der Waals surface area (Å²) in [7, 11) is 0. The van der Waals surface area contributed by atoms with Gasteiger partial charge in [-0.05, 0) is 48.1 Å². The Balaban J connectivity index is 1.52. The van der Waals surface area contributed by atoms with Gasteiger partial charge in [0.15, 0.2) is 0 Å². The third-order valence-electron chi connectivity index (χ3n) is 5.11. The minimum Gasteiger partial charge on any atom is -0.465 e. The van der Waals surface area contributed by atoms with Crippen LogP contribution in [-0.2, 0) is 0 Å². The number of piperidine rings is 1. The molecule has 3 N–H and O–H groups in total. The Morgan fingerprint density at radius 2 is 2.00 bits per heavy atom. The molecular weight excluding hydrogens is 310 g/mol. The van der Waals surface area contributed by atoms with Crippen LogP contribution in [0.4, 0.5) is 4.79 Å². The molecule has 6 heteroatoms. The molecule has 1 aromatic heterocycles. The molecule has 3 rings (SSSR count). The van der Waals surface area contributed by atoms with Gasteiger partial charge in [0.05, 0.1) is 0 Å². The maximum absolute atomic E-state index is 11.0. The zero-order valence-corrected chi connectivity index (χ0v) is 14.4. The van der Waals surface area contributed by atoms with Crippen LogP contribution in [0, 0.1) is 0 Å². The lowest BCUT2D eigenvalue weighted by molar-refractivity contribution is 0.127. The standard InChI is InChI=1S/C17H27N3O2S/c21-17(22)20-8-5-15(6-9-20)19-16(13-7-10-23-12-13)11-18-14-3-1-2-4-14/h7,10,12,14-16,18-19H,1-6,8-9,11H2,(H,21,22)/t16-/m0/s1. The molecule has 5 nitrogen and oxygen atoms in total. The predicted molar refractivity (Wildman–Crippen MR) is 93.1 cm³/mol. The van der Waals surface area contributed by atoms with Gasteiger partial charge in [0.1, 0.15) is 0 Å². The van der Waals surface area contributed by atoms with Crippen LogP contribution in [0.2, 0.25) is 0 Å². The maximum Gasteiger partial charge on any atom is 0.407 e. The maximum atomic E-state index is 11.0. The van der Waals surface area contributed by atoms with Gasteiger partial charge in [-0.25, -0.2) is 4.79 Å². The Morgan fingerprint density at radius 1 is 1.26 bits per heavy atom. The van der Waals surface area contributed by atoms with Gasteiger partial charge >= 0.3 is 6.09 Å². The van der Waals surface area contributed by atoms with E-state index in [1.54, 1.807) is 11.3 Å². The molecule has 128 valence electrons. The highest BCUT2D eigenvalue weighted by Gasteiger charge is 2.25. The summed E-state index contributed by atoms with van der Waals surface area (Å²) in [5, 5.41) is 20.9. The van der Waals surface area contributed by atoms with Crippen molar-refractivity contribution in [2.45, 2.75) is 56.7 Å². The summed E-state index contributed by atoms with van der Waals surface area (Å²) in [5.74, 6) is 0. The van der Waals surface area contributed by atoms with Crippen LogP contribution in [0.15, 0.2) is 16.8 Å². The molecule has 2 fully saturated rings. The monoisotopic (exact) mass is 337 g/mol. The molecule has 0 unspecified atom stereocenters. The number of carbonyl (C=O) groups is 1. The molecule has 0 bridgehead atoms. The first-order chi connectivity index (χ1) is 11.2. The van der Waals surface area contributed by atoms with E-state index in [0.29, 0.717) is 31.2 Å². The lowest BCUT2D eigenvalue weighted by Gasteiger charge is -2.33. The Hall–Kier alpha value is -1.11. The summed E-state index contributed by atoms with van der Waals surface area (Å²) in [5.41, 5.74) is 1.35. The molecule has 0 radical (unpaired) electrons. The molecule has 0 aromatic carbocycles. The Labute approximate surface area is 142 Å². The predicted octanol–water partition coefficient (Wildman–Crippen LogP) is 3.05. The van der Waals surface area contributed by atoms with Gasteiger partial charge < -0.3 is 20.6 Å². The highest BCUT2D eigenvalue weighted by atomic mass is 32.1. The lowest BCUT2D eigenvalue weighted by atomic mass is 10.0. The van der Waals surface area contributed by atoms with Crippen LogP contribution >= 0.6 is 11.3 Å². The van der Waals surface area contributed by atoms with Crippen LogP contribution in [0.3, 0.4) is 0 Å². The average Bonchev–Trinajstić information content (AvgIpc) is 3.25. The molecule has 2 aliphatic rings. The van der Waals surface area contributed by atoms with E-state index < -0.39 is 6.09 Å². The van der Waals surface area contributed by atoms with Crippen molar-refractivity contribution in [3.8, 4) is 0 Å². The summed E-state index contributed by atoms with van der Waals surface area (Å²) in [6, 6.07) is 3.60. The molecule has 0 spiro atoms. The number of amides is 1. The quantitative estimate of drug-likeness (QED) is 0.746. The van der Waals surface area contributed by atoms with Crippen molar-refractivity contribution < 1.29 is 9.90 Å². The molecule has 1 aromatic rings. The van der Waals surface area contributed by atoms with Crippen LogP contribution in [0.25, 0.3) is 0 Å². The molecule has 1 aliphatic heterocycles. The van der Waals surface area contributed by atoms with E-state index in [0.717, 1.165) is 19.4 Å². The second kappa shape index (κ2) is 8.13. The van der Waals surface area contributed by atoms with Gasteiger partial charge in [0.2, 0.25) is 0 Å². The third-order valence-corrected chi connectivity index (χ3v) is 5.82. The fourth-order valence-electron chi connectivity index (χ4n) is 3.68. The summed E-state index contributed by atoms with van der Waals surface area (Å²) in [6.45, 7) is 2.24. The first-order valence-corrected chi connectivity index (χ1v) is 9.66. The van der Waals surface area contributed by atoms with E-state index in [-0.39, 0.29) is 0 Å². The number of likely N-dealkylation sites (tertiary alicyclic amines) is 1. The molecule has 1 saturated heterocycles. The Morgan fingerprint density at radius 3 is 2.61 bits per heavy atom. The van der Waals surface area contributed by atoms with E-state index in [9.17, 15) is 4.79 Å². The van der Waals surface area contributed by atoms with Crippen LogP contribution < -0.4 is 10.6 Å². The zero-order chi connectivity index (χ0) is 16.1. The minimum atomic E-state index is -0.791. The number of nitrogens with one attached hydrogen (secondary N) is 2.